The van der Waals surface area contributed by atoms with Gasteiger partial charge in [0, 0.05) is 6.42 Å². The van der Waals surface area contributed by atoms with Gasteiger partial charge in [-0.3, -0.25) is 0 Å². The van der Waals surface area contributed by atoms with Crippen molar-refractivity contribution in [3.05, 3.63) is 35.9 Å². The average molecular weight is 222 g/mol. The fourth-order valence-corrected chi connectivity index (χ4v) is 2.25. The number of rotatable bonds is 3. The van der Waals surface area contributed by atoms with Crippen molar-refractivity contribution in [2.45, 2.75) is 31.3 Å². The van der Waals surface area contributed by atoms with E-state index in [-0.39, 0.29) is 6.10 Å². The van der Waals surface area contributed by atoms with Crippen LogP contribution in [-0.2, 0) is 20.6 Å². The van der Waals surface area contributed by atoms with E-state index in [4.69, 9.17) is 14.2 Å². The summed E-state index contributed by atoms with van der Waals surface area (Å²) in [4.78, 5) is 0. The molecular weight excluding hydrogens is 206 g/mol. The van der Waals surface area contributed by atoms with Crippen LogP contribution in [-0.4, -0.2) is 25.3 Å². The van der Waals surface area contributed by atoms with E-state index in [0.717, 1.165) is 25.9 Å². The van der Waals surface area contributed by atoms with E-state index >= 15 is 0 Å². The highest BCUT2D eigenvalue weighted by atomic mass is 18.4. The molecule has 0 unspecified atom stereocenters. The van der Waals surface area contributed by atoms with Crippen LogP contribution in [0.5, 0.6) is 0 Å². The summed E-state index contributed by atoms with van der Waals surface area (Å²) in [5.41, 5.74) is 1.29. The SMILES string of the molecule is c1ccc(CC[C@@]23OCC[C@@H](CO2)[18O]3)cc1. The van der Waals surface area contributed by atoms with E-state index in [2.05, 4.69) is 12.1 Å². The van der Waals surface area contributed by atoms with Crippen molar-refractivity contribution in [3.8, 4) is 0 Å². The summed E-state index contributed by atoms with van der Waals surface area (Å²) >= 11 is 0. The van der Waals surface area contributed by atoms with Crippen molar-refractivity contribution in [3.63, 3.8) is 0 Å². The maximum atomic E-state index is 5.76. The number of hydrogen-bond donors (Lipinski definition) is 0. The fraction of sp³-hybridized carbons (Fsp3) is 0.538. The first-order chi connectivity index (χ1) is 7.86. The van der Waals surface area contributed by atoms with Crippen LogP contribution in [0.25, 0.3) is 0 Å². The van der Waals surface area contributed by atoms with Crippen LogP contribution >= 0.6 is 0 Å². The highest BCUT2D eigenvalue weighted by Crippen LogP contribution is 2.35. The molecule has 2 aliphatic rings. The molecule has 2 aliphatic heterocycles. The molecule has 0 N–H and O–H groups in total. The molecule has 3 heteroatoms. The Balaban J connectivity index is 1.63. The first-order valence-corrected chi connectivity index (χ1v) is 5.86. The first kappa shape index (κ1) is 10.3. The molecule has 2 fully saturated rings. The summed E-state index contributed by atoms with van der Waals surface area (Å²) in [5.74, 6) is -0.751. The average Bonchev–Trinajstić information content (AvgIpc) is 2.64. The van der Waals surface area contributed by atoms with E-state index in [1.807, 2.05) is 18.2 Å². The summed E-state index contributed by atoms with van der Waals surface area (Å²) in [6, 6.07) is 10.4. The lowest BCUT2D eigenvalue weighted by molar-refractivity contribution is -0.356. The molecule has 0 aromatic heterocycles. The lowest BCUT2D eigenvalue weighted by Gasteiger charge is -2.31. The maximum absolute atomic E-state index is 5.76. The van der Waals surface area contributed by atoms with Gasteiger partial charge >= 0.3 is 0 Å². The lowest BCUT2D eigenvalue weighted by atomic mass is 10.1. The van der Waals surface area contributed by atoms with E-state index in [1.165, 1.54) is 5.56 Å². The summed E-state index contributed by atoms with van der Waals surface area (Å²) in [7, 11) is 0. The van der Waals surface area contributed by atoms with Crippen molar-refractivity contribution in [1.29, 1.82) is 0 Å². The second kappa shape index (κ2) is 4.17. The molecule has 2 heterocycles. The van der Waals surface area contributed by atoms with Gasteiger partial charge in [0.05, 0.1) is 19.3 Å². The van der Waals surface area contributed by atoms with Crippen LogP contribution in [0, 0.1) is 0 Å². The van der Waals surface area contributed by atoms with Gasteiger partial charge in [0.1, 0.15) is 0 Å². The summed E-state index contributed by atoms with van der Waals surface area (Å²) in [6.07, 6.45) is 2.89. The van der Waals surface area contributed by atoms with Crippen LogP contribution < -0.4 is 0 Å². The van der Waals surface area contributed by atoms with Gasteiger partial charge in [-0.05, 0) is 18.4 Å². The molecule has 1 aromatic rings. The van der Waals surface area contributed by atoms with Crippen LogP contribution in [0.2, 0.25) is 0 Å². The second-order valence-electron chi connectivity index (χ2n) is 4.36. The number of hydrogen-bond acceptors (Lipinski definition) is 3. The molecule has 0 aliphatic carbocycles. The molecule has 0 saturated carbocycles. The van der Waals surface area contributed by atoms with Gasteiger partial charge in [0.2, 0.25) is 0 Å². The zero-order chi connectivity index (χ0) is 10.8. The predicted octanol–water partition coefficient (Wildman–Crippen LogP) is 2.11. The third-order valence-electron chi connectivity index (χ3n) is 3.16. The molecule has 0 amide bonds. The zero-order valence-corrected chi connectivity index (χ0v) is 9.22. The zero-order valence-electron chi connectivity index (χ0n) is 9.22. The van der Waals surface area contributed by atoms with Crippen LogP contribution in [0.3, 0.4) is 0 Å². The summed E-state index contributed by atoms with van der Waals surface area (Å²) in [5, 5.41) is 0. The molecule has 0 radical (unpaired) electrons. The Bertz CT molecular complexity index is 347. The molecule has 0 spiro atoms. The molecule has 1 aromatic carbocycles. The monoisotopic (exact) mass is 222 g/mol. The molecule has 3 nitrogen and oxygen atoms in total. The lowest BCUT2D eigenvalue weighted by Crippen LogP contribution is -2.39. The number of aryl methyl sites for hydroxylation is 1. The van der Waals surface area contributed by atoms with Gasteiger partial charge in [-0.1, -0.05) is 30.3 Å². The van der Waals surface area contributed by atoms with Crippen LogP contribution in [0.4, 0.5) is 0 Å². The van der Waals surface area contributed by atoms with Crippen LogP contribution in [0.15, 0.2) is 30.3 Å². The minimum Gasteiger partial charge on any atom is -0.327 e. The van der Waals surface area contributed by atoms with Crippen molar-refractivity contribution < 1.29 is 14.2 Å². The van der Waals surface area contributed by atoms with Gasteiger partial charge < -0.3 is 14.2 Å². The predicted molar refractivity (Wildman–Crippen MR) is 58.9 cm³/mol. The molecule has 2 atom stereocenters. The Morgan fingerprint density at radius 1 is 1.25 bits per heavy atom. The van der Waals surface area contributed by atoms with E-state index in [9.17, 15) is 0 Å². The van der Waals surface area contributed by atoms with Crippen molar-refractivity contribution in [1.82, 2.24) is 0 Å². The number of fused-ring (bicyclic) bond motifs is 2. The smallest absolute Gasteiger partial charge is 0.283 e. The Labute approximate surface area is 95.3 Å². The largest absolute Gasteiger partial charge is 0.327 e. The minimum absolute atomic E-state index is 0.240. The Morgan fingerprint density at radius 3 is 3.00 bits per heavy atom. The summed E-state index contributed by atoms with van der Waals surface area (Å²) in [6.45, 7) is 1.42. The third-order valence-corrected chi connectivity index (χ3v) is 3.16. The second-order valence-corrected chi connectivity index (χ2v) is 4.36. The van der Waals surface area contributed by atoms with E-state index in [0.29, 0.717) is 6.61 Å². The fourth-order valence-electron chi connectivity index (χ4n) is 2.25. The first-order valence-electron chi connectivity index (χ1n) is 5.86. The Hall–Kier alpha value is -0.900. The van der Waals surface area contributed by atoms with Gasteiger partial charge in [0.15, 0.2) is 0 Å². The molecular formula is C13H16O3. The van der Waals surface area contributed by atoms with Crippen molar-refractivity contribution in [2.75, 3.05) is 13.2 Å². The third kappa shape index (κ3) is 1.98. The topological polar surface area (TPSA) is 27.7 Å². The van der Waals surface area contributed by atoms with Gasteiger partial charge in [-0.25, -0.2) is 0 Å². The van der Waals surface area contributed by atoms with Gasteiger partial charge in [-0.2, -0.15) is 0 Å². The summed E-state index contributed by atoms with van der Waals surface area (Å²) < 4.78 is 17.0. The quantitative estimate of drug-likeness (QED) is 0.733. The minimum atomic E-state index is -0.751. The van der Waals surface area contributed by atoms with Gasteiger partial charge in [-0.15, -0.1) is 0 Å². The Morgan fingerprint density at radius 2 is 2.12 bits per heavy atom. The molecule has 16 heavy (non-hydrogen) atoms. The van der Waals surface area contributed by atoms with Crippen molar-refractivity contribution >= 4 is 0 Å². The maximum Gasteiger partial charge on any atom is 0.283 e. The van der Waals surface area contributed by atoms with Crippen LogP contribution in [0.1, 0.15) is 18.4 Å². The Kier molecular flexibility index (Phi) is 2.67. The number of ether oxygens (including phenoxy) is 3. The molecule has 2 bridgehead atoms. The number of benzene rings is 1. The van der Waals surface area contributed by atoms with E-state index < -0.39 is 5.97 Å². The molecule has 2 saturated heterocycles. The van der Waals surface area contributed by atoms with Crippen molar-refractivity contribution in [2.24, 2.45) is 0 Å². The van der Waals surface area contributed by atoms with E-state index in [1.54, 1.807) is 0 Å². The molecule has 3 rings (SSSR count). The standard InChI is InChI=1S/C13H16O3/c1-2-4-11(5-3-1)6-8-13-14-9-7-12(16-13)10-15-13/h1-5,12H,6-10H2/t12-,13+/m0/s1/i16+2. The highest BCUT2D eigenvalue weighted by molar-refractivity contribution is 5.14. The highest BCUT2D eigenvalue weighted by Gasteiger charge is 2.45. The van der Waals surface area contributed by atoms with Gasteiger partial charge in [0.25, 0.3) is 5.97 Å². The normalized spacial score (nSPS) is 32.9. The molecule has 86 valence electrons.